The van der Waals surface area contributed by atoms with Gasteiger partial charge in [-0.2, -0.15) is 0 Å². The van der Waals surface area contributed by atoms with Gasteiger partial charge in [-0.25, -0.2) is 19.2 Å². The first-order valence-electron chi connectivity index (χ1n) is 14.3. The molecule has 0 heterocycles. The molecular weight excluding hydrogens is 512 g/mol. The van der Waals surface area contributed by atoms with E-state index < -0.39 is 11.9 Å². The Morgan fingerprint density at radius 1 is 0.550 bits per heavy atom. The van der Waals surface area contributed by atoms with Gasteiger partial charge in [0.1, 0.15) is 0 Å². The molecule has 2 rings (SSSR count). The molecule has 0 amide bonds. The van der Waals surface area contributed by atoms with E-state index in [1.54, 1.807) is 24.3 Å². The predicted molar refractivity (Wildman–Crippen MR) is 154 cm³/mol. The number of benzene rings is 2. The summed E-state index contributed by atoms with van der Waals surface area (Å²) in [7, 11) is 0. The summed E-state index contributed by atoms with van der Waals surface area (Å²) < 4.78 is 10.2. The van der Waals surface area contributed by atoms with Gasteiger partial charge in [0.2, 0.25) is 0 Å². The van der Waals surface area contributed by atoms with Crippen LogP contribution in [0.5, 0.6) is 0 Å². The third-order valence-electron chi connectivity index (χ3n) is 6.27. The van der Waals surface area contributed by atoms with Crippen LogP contribution in [0, 0.1) is 0 Å². The van der Waals surface area contributed by atoms with Crippen molar-refractivity contribution in [3.8, 4) is 0 Å². The first-order valence-corrected chi connectivity index (χ1v) is 14.3. The van der Waals surface area contributed by atoms with Gasteiger partial charge in [-0.3, -0.25) is 0 Å². The number of hydrogen-bond donors (Lipinski definition) is 2. The van der Waals surface area contributed by atoms with Crippen LogP contribution in [0.25, 0.3) is 0 Å². The van der Waals surface area contributed by atoms with Crippen LogP contribution < -0.4 is 0 Å². The van der Waals surface area contributed by atoms with Crippen molar-refractivity contribution in [2.45, 2.75) is 91.9 Å². The average molecular weight is 557 g/mol. The Bertz CT molecular complexity index is 1000. The van der Waals surface area contributed by atoms with Crippen molar-refractivity contribution in [1.29, 1.82) is 0 Å². The van der Waals surface area contributed by atoms with Crippen LogP contribution in [0.3, 0.4) is 0 Å². The highest BCUT2D eigenvalue weighted by molar-refractivity contribution is 5.95. The first kappa shape index (κ1) is 34.3. The van der Waals surface area contributed by atoms with Crippen LogP contribution in [0.15, 0.2) is 36.4 Å². The number of rotatable bonds is 16. The monoisotopic (exact) mass is 556 g/mol. The fourth-order valence-electron chi connectivity index (χ4n) is 3.90. The largest absolute Gasteiger partial charge is 0.478 e. The molecule has 0 aromatic heterocycles. The summed E-state index contributed by atoms with van der Waals surface area (Å²) in [5, 5.41) is 18.6. The van der Waals surface area contributed by atoms with E-state index in [9.17, 15) is 29.4 Å². The van der Waals surface area contributed by atoms with Crippen molar-refractivity contribution in [1.82, 2.24) is 0 Å². The molecule has 0 unspecified atom stereocenters. The highest BCUT2D eigenvalue weighted by Crippen LogP contribution is 2.24. The first-order chi connectivity index (χ1) is 19.2. The summed E-state index contributed by atoms with van der Waals surface area (Å²) in [4.78, 5) is 46.0. The van der Waals surface area contributed by atoms with Gasteiger partial charge in [-0.15, -0.1) is 0 Å². The fourth-order valence-corrected chi connectivity index (χ4v) is 3.90. The molecule has 0 atom stereocenters. The molecule has 0 aliphatic heterocycles. The summed E-state index contributed by atoms with van der Waals surface area (Å²) in [5.41, 5.74) is 2.79. The number of carbonyl (C=O) groups is 4. The summed E-state index contributed by atoms with van der Waals surface area (Å²) >= 11 is 0. The highest BCUT2D eigenvalue weighted by Gasteiger charge is 2.20. The Labute approximate surface area is 237 Å². The zero-order valence-electron chi connectivity index (χ0n) is 24.3. The van der Waals surface area contributed by atoms with Crippen molar-refractivity contribution in [3.63, 3.8) is 0 Å². The molecule has 0 aliphatic carbocycles. The quantitative estimate of drug-likeness (QED) is 0.162. The fraction of sp³-hybridized carbons (Fsp3) is 0.500. The topological polar surface area (TPSA) is 127 Å². The molecule has 40 heavy (non-hydrogen) atoms. The average Bonchev–Trinajstić information content (AvgIpc) is 2.95. The Morgan fingerprint density at radius 2 is 0.875 bits per heavy atom. The van der Waals surface area contributed by atoms with Crippen LogP contribution in [-0.2, 0) is 22.3 Å². The van der Waals surface area contributed by atoms with E-state index in [1.165, 1.54) is 12.1 Å². The maximum Gasteiger partial charge on any atom is 0.338 e. The molecule has 0 saturated carbocycles. The second-order valence-corrected chi connectivity index (χ2v) is 9.49. The molecule has 0 aliphatic rings. The number of carboxylic acids is 2. The van der Waals surface area contributed by atoms with E-state index in [1.807, 2.05) is 27.7 Å². The molecule has 0 spiro atoms. The van der Waals surface area contributed by atoms with E-state index in [0.29, 0.717) is 48.3 Å². The smallest absolute Gasteiger partial charge is 0.338 e. The predicted octanol–water partition coefficient (Wildman–Crippen LogP) is 7.37. The lowest BCUT2D eigenvalue weighted by molar-refractivity contribution is 0.0485. The Morgan fingerprint density at radius 3 is 1.15 bits per heavy atom. The molecule has 0 radical (unpaired) electrons. The van der Waals surface area contributed by atoms with Crippen molar-refractivity contribution >= 4 is 23.9 Å². The maximum absolute atomic E-state index is 11.7. The molecule has 8 heteroatoms. The number of ether oxygens (including phenoxy) is 2. The molecule has 2 N–H and O–H groups in total. The van der Waals surface area contributed by atoms with Crippen molar-refractivity contribution in [3.05, 3.63) is 69.8 Å². The van der Waals surface area contributed by atoms with Gasteiger partial charge in [-0.1, -0.05) is 53.4 Å². The zero-order chi connectivity index (χ0) is 29.9. The molecule has 2 aromatic carbocycles. The lowest BCUT2D eigenvalue weighted by Gasteiger charge is -2.15. The van der Waals surface area contributed by atoms with E-state index in [2.05, 4.69) is 0 Å². The van der Waals surface area contributed by atoms with Crippen LogP contribution in [0.1, 0.15) is 132 Å². The second kappa shape index (κ2) is 19.4. The van der Waals surface area contributed by atoms with Crippen LogP contribution in [-0.4, -0.2) is 47.3 Å². The van der Waals surface area contributed by atoms with E-state index in [4.69, 9.17) is 9.47 Å². The lowest BCUT2D eigenvalue weighted by atomic mass is 9.89. The maximum atomic E-state index is 11.7. The third kappa shape index (κ3) is 11.6. The minimum Gasteiger partial charge on any atom is -0.478 e. The van der Waals surface area contributed by atoms with Gasteiger partial charge in [0.15, 0.2) is 0 Å². The molecule has 8 nitrogen and oxygen atoms in total. The second-order valence-electron chi connectivity index (χ2n) is 9.49. The molecule has 0 fully saturated rings. The van der Waals surface area contributed by atoms with Crippen molar-refractivity contribution in [2.75, 3.05) is 13.2 Å². The van der Waals surface area contributed by atoms with Gasteiger partial charge in [0, 0.05) is 0 Å². The van der Waals surface area contributed by atoms with Gasteiger partial charge in [0.05, 0.1) is 35.5 Å². The summed E-state index contributed by atoms with van der Waals surface area (Å²) in [6.07, 6.45) is 8.54. The van der Waals surface area contributed by atoms with Crippen LogP contribution in [0.2, 0.25) is 0 Å². The molecule has 0 bridgehead atoms. The molecule has 220 valence electrons. The summed E-state index contributed by atoms with van der Waals surface area (Å²) in [6, 6.07) is 9.20. The van der Waals surface area contributed by atoms with Gasteiger partial charge < -0.3 is 19.7 Å². The Balaban J connectivity index is 0.000000400. The Kier molecular flexibility index (Phi) is 16.6. The molecule has 2 aromatic rings. The highest BCUT2D eigenvalue weighted by atomic mass is 16.5. The van der Waals surface area contributed by atoms with Crippen LogP contribution >= 0.6 is 0 Å². The number of unbranched alkanes of at least 4 members (excludes halogenated alkanes) is 4. The van der Waals surface area contributed by atoms with Gasteiger partial charge in [0.25, 0.3) is 0 Å². The van der Waals surface area contributed by atoms with E-state index in [-0.39, 0.29) is 23.1 Å². The lowest BCUT2D eigenvalue weighted by Crippen LogP contribution is -2.12. The number of carbonyl (C=O) groups excluding carboxylic acids is 2. The van der Waals surface area contributed by atoms with E-state index in [0.717, 1.165) is 51.4 Å². The van der Waals surface area contributed by atoms with Gasteiger partial charge in [-0.05, 0) is 86.1 Å². The normalized spacial score (nSPS) is 10.3. The van der Waals surface area contributed by atoms with Crippen molar-refractivity contribution < 1.29 is 38.9 Å². The summed E-state index contributed by atoms with van der Waals surface area (Å²) in [6.45, 7) is 8.99. The Hall–Kier alpha value is -3.68. The number of hydrogen-bond acceptors (Lipinski definition) is 6. The summed E-state index contributed by atoms with van der Waals surface area (Å²) in [5.74, 6) is -2.68. The standard InChI is InChI=1S/2C16H22O4/c1-3-5-11-19-15(17)13-7-9-14(10-8-13)16(18)20-12-6-4-2;1-3-5-7-11-12(8-6-4-2)14(16(19)20)10-9-13(11)15(17)18/h7-10H,3-6,11-12H2,1-2H3;9-10H,3-8H2,1-2H3,(H,17,18)(H,19,20). The minimum atomic E-state index is -0.981. The van der Waals surface area contributed by atoms with Crippen LogP contribution in [0.4, 0.5) is 0 Å². The minimum absolute atomic E-state index is 0.245. The number of esters is 2. The SMILES string of the molecule is CCCCOC(=O)c1ccc(C(=O)OCCCC)cc1.CCCCc1c(C(=O)O)ccc(C(=O)O)c1CCCC. The molecular formula is C32H44O8. The van der Waals surface area contributed by atoms with Crippen molar-refractivity contribution in [2.24, 2.45) is 0 Å². The third-order valence-corrected chi connectivity index (χ3v) is 6.27. The number of carboxylic acid groups (broad SMARTS) is 2. The van der Waals surface area contributed by atoms with Gasteiger partial charge >= 0.3 is 23.9 Å². The number of aromatic carboxylic acids is 2. The molecule has 0 saturated heterocycles. The van der Waals surface area contributed by atoms with E-state index >= 15 is 0 Å². The zero-order valence-corrected chi connectivity index (χ0v) is 24.3.